The average molecular weight is 240 g/mol. The Bertz CT molecular complexity index is 679. The Morgan fingerprint density at radius 2 is 1.78 bits per heavy atom. The van der Waals surface area contributed by atoms with Crippen molar-refractivity contribution in [2.45, 2.75) is 6.17 Å². The van der Waals surface area contributed by atoms with Gasteiger partial charge in [0.05, 0.1) is 0 Å². The third kappa shape index (κ3) is 1.61. The van der Waals surface area contributed by atoms with Crippen molar-refractivity contribution in [3.63, 3.8) is 0 Å². The van der Waals surface area contributed by atoms with Gasteiger partial charge in [-0.3, -0.25) is 4.57 Å². The van der Waals surface area contributed by atoms with E-state index in [1.54, 1.807) is 10.6 Å². The SMILES string of the molecule is NC(c1c(O)ccc2ccccc12)n1cnnc1. The van der Waals surface area contributed by atoms with Crippen molar-refractivity contribution in [3.8, 4) is 5.75 Å². The molecule has 18 heavy (non-hydrogen) atoms. The van der Waals surface area contributed by atoms with E-state index >= 15 is 0 Å². The number of aromatic hydroxyl groups is 1. The van der Waals surface area contributed by atoms with Crippen LogP contribution >= 0.6 is 0 Å². The number of phenolic OH excluding ortho intramolecular Hbond substituents is 1. The van der Waals surface area contributed by atoms with Crippen LogP contribution in [0.1, 0.15) is 11.7 Å². The van der Waals surface area contributed by atoms with Gasteiger partial charge in [-0.2, -0.15) is 0 Å². The minimum absolute atomic E-state index is 0.176. The number of nitrogens with zero attached hydrogens (tertiary/aromatic N) is 3. The van der Waals surface area contributed by atoms with Gasteiger partial charge in [-0.1, -0.05) is 30.3 Å². The molecular formula is C13H12N4O. The number of phenols is 1. The van der Waals surface area contributed by atoms with Crippen LogP contribution in [0.15, 0.2) is 49.1 Å². The van der Waals surface area contributed by atoms with E-state index in [1.165, 1.54) is 12.7 Å². The number of hydrogen-bond acceptors (Lipinski definition) is 4. The summed E-state index contributed by atoms with van der Waals surface area (Å²) in [5.74, 6) is 0.176. The highest BCUT2D eigenvalue weighted by molar-refractivity contribution is 5.88. The maximum atomic E-state index is 10.0. The predicted octanol–water partition coefficient (Wildman–Crippen LogP) is 1.64. The van der Waals surface area contributed by atoms with E-state index < -0.39 is 6.17 Å². The molecule has 0 saturated carbocycles. The normalized spacial score (nSPS) is 12.7. The highest BCUT2D eigenvalue weighted by Gasteiger charge is 2.15. The lowest BCUT2D eigenvalue weighted by molar-refractivity contribution is 0.456. The van der Waals surface area contributed by atoms with Crippen molar-refractivity contribution in [1.29, 1.82) is 0 Å². The molecule has 5 nitrogen and oxygen atoms in total. The quantitative estimate of drug-likeness (QED) is 0.714. The maximum absolute atomic E-state index is 10.0. The van der Waals surface area contributed by atoms with E-state index in [1.807, 2.05) is 30.3 Å². The predicted molar refractivity (Wildman–Crippen MR) is 68.0 cm³/mol. The zero-order valence-corrected chi connectivity index (χ0v) is 9.56. The molecule has 0 fully saturated rings. The minimum atomic E-state index is -0.508. The van der Waals surface area contributed by atoms with Crippen molar-refractivity contribution in [3.05, 3.63) is 54.6 Å². The minimum Gasteiger partial charge on any atom is -0.508 e. The third-order valence-corrected chi connectivity index (χ3v) is 3.00. The van der Waals surface area contributed by atoms with Gasteiger partial charge in [-0.05, 0) is 16.8 Å². The average Bonchev–Trinajstić information content (AvgIpc) is 2.92. The Morgan fingerprint density at radius 1 is 1.06 bits per heavy atom. The standard InChI is InChI=1S/C13H12N4O/c14-13(17-7-15-16-8-17)12-10-4-2-1-3-9(10)5-6-11(12)18/h1-8,13,18H,14H2. The van der Waals surface area contributed by atoms with Gasteiger partial charge in [0.1, 0.15) is 24.6 Å². The van der Waals surface area contributed by atoms with Gasteiger partial charge in [0, 0.05) is 5.56 Å². The molecule has 0 aliphatic rings. The molecule has 1 heterocycles. The molecule has 1 unspecified atom stereocenters. The Balaban J connectivity index is 2.24. The fourth-order valence-electron chi connectivity index (χ4n) is 2.10. The van der Waals surface area contributed by atoms with Crippen LogP contribution in [0, 0.1) is 0 Å². The van der Waals surface area contributed by atoms with Crippen LogP contribution in [0.3, 0.4) is 0 Å². The lowest BCUT2D eigenvalue weighted by atomic mass is 10.0. The van der Waals surface area contributed by atoms with E-state index in [0.717, 1.165) is 10.8 Å². The molecule has 3 rings (SSSR count). The summed E-state index contributed by atoms with van der Waals surface area (Å²) < 4.78 is 1.65. The largest absolute Gasteiger partial charge is 0.508 e. The number of nitrogens with two attached hydrogens (primary N) is 1. The van der Waals surface area contributed by atoms with Gasteiger partial charge in [-0.25, -0.2) is 0 Å². The molecule has 1 atom stereocenters. The monoisotopic (exact) mass is 240 g/mol. The molecule has 1 aromatic heterocycles. The van der Waals surface area contributed by atoms with Crippen LogP contribution in [-0.2, 0) is 0 Å². The summed E-state index contributed by atoms with van der Waals surface area (Å²) in [4.78, 5) is 0. The molecule has 3 aromatic rings. The summed E-state index contributed by atoms with van der Waals surface area (Å²) in [6.07, 6.45) is 2.56. The number of rotatable bonds is 2. The molecule has 0 radical (unpaired) electrons. The lowest BCUT2D eigenvalue weighted by Gasteiger charge is -2.16. The Hall–Kier alpha value is -2.40. The van der Waals surface area contributed by atoms with Crippen LogP contribution in [-0.4, -0.2) is 19.9 Å². The summed E-state index contributed by atoms with van der Waals surface area (Å²) in [7, 11) is 0. The Morgan fingerprint density at radius 3 is 2.56 bits per heavy atom. The van der Waals surface area contributed by atoms with Gasteiger partial charge in [0.15, 0.2) is 0 Å². The highest BCUT2D eigenvalue weighted by atomic mass is 16.3. The molecule has 3 N–H and O–H groups in total. The van der Waals surface area contributed by atoms with Gasteiger partial charge in [-0.15, -0.1) is 10.2 Å². The highest BCUT2D eigenvalue weighted by Crippen LogP contribution is 2.31. The zero-order chi connectivity index (χ0) is 12.5. The van der Waals surface area contributed by atoms with Crippen molar-refractivity contribution >= 4 is 10.8 Å². The molecule has 0 aliphatic heterocycles. The van der Waals surface area contributed by atoms with Gasteiger partial charge in [0.25, 0.3) is 0 Å². The molecule has 2 aromatic carbocycles. The molecule has 0 saturated heterocycles. The van der Waals surface area contributed by atoms with E-state index in [0.29, 0.717) is 5.56 Å². The van der Waals surface area contributed by atoms with E-state index in [9.17, 15) is 5.11 Å². The fraction of sp³-hybridized carbons (Fsp3) is 0.0769. The van der Waals surface area contributed by atoms with Gasteiger partial charge in [0.2, 0.25) is 0 Å². The van der Waals surface area contributed by atoms with Crippen molar-refractivity contribution in [1.82, 2.24) is 14.8 Å². The summed E-state index contributed by atoms with van der Waals surface area (Å²) in [6.45, 7) is 0. The maximum Gasteiger partial charge on any atom is 0.122 e. The molecular weight excluding hydrogens is 228 g/mol. The molecule has 0 aliphatic carbocycles. The molecule has 5 heteroatoms. The first-order chi connectivity index (χ1) is 8.77. The molecule has 90 valence electrons. The van der Waals surface area contributed by atoms with Crippen molar-refractivity contribution in [2.24, 2.45) is 5.73 Å². The van der Waals surface area contributed by atoms with Crippen LogP contribution < -0.4 is 5.73 Å². The Kier molecular flexibility index (Phi) is 2.46. The first-order valence-electron chi connectivity index (χ1n) is 5.57. The number of hydrogen-bond donors (Lipinski definition) is 2. The molecule has 0 bridgehead atoms. The van der Waals surface area contributed by atoms with Crippen LogP contribution in [0.2, 0.25) is 0 Å². The second-order valence-corrected chi connectivity index (χ2v) is 4.07. The number of benzene rings is 2. The van der Waals surface area contributed by atoms with Gasteiger partial charge < -0.3 is 10.8 Å². The van der Waals surface area contributed by atoms with Crippen LogP contribution in [0.25, 0.3) is 10.8 Å². The van der Waals surface area contributed by atoms with Crippen LogP contribution in [0.5, 0.6) is 5.75 Å². The first kappa shape index (κ1) is 10.7. The van der Waals surface area contributed by atoms with Gasteiger partial charge >= 0.3 is 0 Å². The topological polar surface area (TPSA) is 77.0 Å². The zero-order valence-electron chi connectivity index (χ0n) is 9.56. The fourth-order valence-corrected chi connectivity index (χ4v) is 2.10. The number of aromatic nitrogens is 3. The second kappa shape index (κ2) is 4.12. The summed E-state index contributed by atoms with van der Waals surface area (Å²) in [5.41, 5.74) is 6.82. The first-order valence-corrected chi connectivity index (χ1v) is 5.57. The summed E-state index contributed by atoms with van der Waals surface area (Å²) in [5, 5.41) is 19.5. The molecule has 0 amide bonds. The number of fused-ring (bicyclic) bond motifs is 1. The third-order valence-electron chi connectivity index (χ3n) is 3.00. The van der Waals surface area contributed by atoms with E-state index in [-0.39, 0.29) is 5.75 Å². The summed E-state index contributed by atoms with van der Waals surface area (Å²) in [6, 6.07) is 11.3. The molecule has 0 spiro atoms. The van der Waals surface area contributed by atoms with Crippen molar-refractivity contribution in [2.75, 3.05) is 0 Å². The van der Waals surface area contributed by atoms with E-state index in [4.69, 9.17) is 5.73 Å². The smallest absolute Gasteiger partial charge is 0.122 e. The lowest BCUT2D eigenvalue weighted by Crippen LogP contribution is -2.19. The van der Waals surface area contributed by atoms with E-state index in [2.05, 4.69) is 10.2 Å². The van der Waals surface area contributed by atoms with Crippen LogP contribution in [0.4, 0.5) is 0 Å². The second-order valence-electron chi connectivity index (χ2n) is 4.07. The van der Waals surface area contributed by atoms with Crippen molar-refractivity contribution < 1.29 is 5.11 Å². The Labute approximate surface area is 103 Å². The summed E-state index contributed by atoms with van der Waals surface area (Å²) >= 11 is 0.